The number of nitrogens with two attached hydrogens (primary N) is 1. The number of aromatic nitrogens is 2. The Kier molecular flexibility index (Phi) is 4.81. The van der Waals surface area contributed by atoms with Crippen LogP contribution in [0.5, 0.6) is 0 Å². The summed E-state index contributed by atoms with van der Waals surface area (Å²) in [7, 11) is 0. The van der Waals surface area contributed by atoms with E-state index in [0.29, 0.717) is 19.2 Å². The number of aliphatic hydroxyl groups is 1. The largest absolute Gasteiger partial charge is 0.379 e. The van der Waals surface area contributed by atoms with Gasteiger partial charge in [-0.25, -0.2) is 15.0 Å². The van der Waals surface area contributed by atoms with Gasteiger partial charge in [-0.3, -0.25) is 9.91 Å². The van der Waals surface area contributed by atoms with E-state index >= 15 is 0 Å². The Labute approximate surface area is 163 Å². The molecule has 4 heterocycles. The number of thiophene rings is 1. The van der Waals surface area contributed by atoms with Crippen LogP contribution in [0.4, 0.5) is 11.6 Å². The average molecular weight is 391 g/mol. The van der Waals surface area contributed by atoms with E-state index in [9.17, 15) is 5.11 Å². The van der Waals surface area contributed by atoms with E-state index in [2.05, 4.69) is 31.0 Å². The summed E-state index contributed by atoms with van der Waals surface area (Å²) < 4.78 is 5.52. The van der Waals surface area contributed by atoms with Crippen LogP contribution in [0.1, 0.15) is 24.4 Å². The summed E-state index contributed by atoms with van der Waals surface area (Å²) in [4.78, 5) is 12.9. The molecule has 9 heteroatoms. The zero-order valence-corrected chi connectivity index (χ0v) is 16.8. The molecule has 1 saturated heterocycles. The van der Waals surface area contributed by atoms with Crippen LogP contribution in [0.15, 0.2) is 12.3 Å². The summed E-state index contributed by atoms with van der Waals surface area (Å²) in [5, 5.41) is 15.2. The van der Waals surface area contributed by atoms with Crippen LogP contribution in [-0.4, -0.2) is 63.7 Å². The van der Waals surface area contributed by atoms with Crippen molar-refractivity contribution < 1.29 is 9.84 Å². The molecule has 2 aromatic heterocycles. The van der Waals surface area contributed by atoms with Gasteiger partial charge in [0.25, 0.3) is 0 Å². The lowest BCUT2D eigenvalue weighted by Crippen LogP contribution is -2.58. The number of hydrogen-bond donors (Lipinski definition) is 2. The van der Waals surface area contributed by atoms with Gasteiger partial charge in [-0.1, -0.05) is 0 Å². The van der Waals surface area contributed by atoms with Crippen LogP contribution in [0.3, 0.4) is 0 Å². The smallest absolute Gasteiger partial charge is 0.220 e. The Hall–Kier alpha value is -1.78. The molecule has 0 spiro atoms. The van der Waals surface area contributed by atoms with Crippen molar-refractivity contribution in [1.82, 2.24) is 19.9 Å². The Bertz CT molecular complexity index is 828. The van der Waals surface area contributed by atoms with Crippen molar-refractivity contribution in [3.63, 3.8) is 0 Å². The van der Waals surface area contributed by atoms with E-state index in [-0.39, 0.29) is 0 Å². The van der Waals surface area contributed by atoms with Crippen LogP contribution < -0.4 is 10.7 Å². The van der Waals surface area contributed by atoms with Gasteiger partial charge in [0.05, 0.1) is 31.3 Å². The average Bonchev–Trinajstić information content (AvgIpc) is 3.04. The fourth-order valence-corrected chi connectivity index (χ4v) is 4.71. The molecule has 0 saturated carbocycles. The van der Waals surface area contributed by atoms with Crippen molar-refractivity contribution in [3.05, 3.63) is 22.8 Å². The van der Waals surface area contributed by atoms with Crippen molar-refractivity contribution in [2.75, 3.05) is 43.7 Å². The van der Waals surface area contributed by atoms with E-state index < -0.39 is 5.72 Å². The Balaban J connectivity index is 1.73. The first-order valence-electron chi connectivity index (χ1n) is 9.12. The Morgan fingerprint density at radius 3 is 2.70 bits per heavy atom. The van der Waals surface area contributed by atoms with Crippen LogP contribution in [0.2, 0.25) is 0 Å². The molecule has 0 aliphatic carbocycles. The predicted molar refractivity (Wildman–Crippen MR) is 106 cm³/mol. The number of aryl methyl sites for hydroxylation is 1. The lowest BCUT2D eigenvalue weighted by molar-refractivity contribution is -0.0950. The minimum Gasteiger partial charge on any atom is -0.379 e. The van der Waals surface area contributed by atoms with Crippen molar-refractivity contribution in [2.24, 2.45) is 0 Å². The van der Waals surface area contributed by atoms with Crippen molar-refractivity contribution in [1.29, 1.82) is 0 Å². The summed E-state index contributed by atoms with van der Waals surface area (Å²) in [6.45, 7) is 10.1. The molecular formula is C18H26N6O2S. The molecule has 2 aromatic rings. The van der Waals surface area contributed by atoms with E-state index in [1.54, 1.807) is 17.5 Å². The van der Waals surface area contributed by atoms with Gasteiger partial charge in [0.2, 0.25) is 5.95 Å². The minimum atomic E-state index is -0.896. The van der Waals surface area contributed by atoms with Gasteiger partial charge >= 0.3 is 0 Å². The monoisotopic (exact) mass is 390 g/mol. The second-order valence-corrected chi connectivity index (χ2v) is 8.58. The SMILES string of the molecule is Cc1nc(N)ncc1-c1cc2c(s1)CN(C(C)(C)O)CN2N1CCOCC1. The zero-order valence-electron chi connectivity index (χ0n) is 16.0. The summed E-state index contributed by atoms with van der Waals surface area (Å²) in [6, 6.07) is 2.21. The third-order valence-electron chi connectivity index (χ3n) is 5.07. The van der Waals surface area contributed by atoms with Gasteiger partial charge in [-0.05, 0) is 26.8 Å². The van der Waals surface area contributed by atoms with Crippen molar-refractivity contribution >= 4 is 23.0 Å². The predicted octanol–water partition coefficient (Wildman–Crippen LogP) is 1.65. The number of morpholine rings is 1. The summed E-state index contributed by atoms with van der Waals surface area (Å²) in [5.41, 5.74) is 7.87. The number of nitrogen functional groups attached to an aromatic ring is 1. The maximum atomic E-state index is 10.6. The number of rotatable bonds is 3. The number of nitrogens with zero attached hydrogens (tertiary/aromatic N) is 5. The highest BCUT2D eigenvalue weighted by atomic mass is 32.1. The van der Waals surface area contributed by atoms with E-state index in [1.165, 1.54) is 10.6 Å². The minimum absolute atomic E-state index is 0.292. The molecule has 1 fully saturated rings. The molecule has 0 amide bonds. The molecule has 0 bridgehead atoms. The van der Waals surface area contributed by atoms with Gasteiger partial charge < -0.3 is 15.6 Å². The Morgan fingerprint density at radius 1 is 1.30 bits per heavy atom. The topological polar surface area (TPSA) is 91.0 Å². The van der Waals surface area contributed by atoms with Crippen LogP contribution in [0, 0.1) is 6.92 Å². The molecule has 2 aliphatic rings. The molecule has 4 rings (SSSR count). The second kappa shape index (κ2) is 6.99. The molecule has 0 atom stereocenters. The van der Waals surface area contributed by atoms with Gasteiger partial charge in [-0.15, -0.1) is 11.3 Å². The molecule has 27 heavy (non-hydrogen) atoms. The van der Waals surface area contributed by atoms with Crippen molar-refractivity contribution in [3.8, 4) is 10.4 Å². The fraction of sp³-hybridized carbons (Fsp3) is 0.556. The van der Waals surface area contributed by atoms with Crippen molar-refractivity contribution in [2.45, 2.75) is 33.0 Å². The van der Waals surface area contributed by atoms with Crippen LogP contribution in [-0.2, 0) is 11.3 Å². The van der Waals surface area contributed by atoms with E-state index in [1.807, 2.05) is 20.8 Å². The molecule has 2 aliphatic heterocycles. The molecular weight excluding hydrogens is 364 g/mol. The summed E-state index contributed by atoms with van der Waals surface area (Å²) >= 11 is 1.72. The maximum absolute atomic E-state index is 10.6. The highest BCUT2D eigenvalue weighted by Crippen LogP contribution is 2.42. The molecule has 8 nitrogen and oxygen atoms in total. The van der Waals surface area contributed by atoms with Crippen LogP contribution >= 0.6 is 11.3 Å². The maximum Gasteiger partial charge on any atom is 0.220 e. The highest BCUT2D eigenvalue weighted by molar-refractivity contribution is 7.16. The molecule has 0 radical (unpaired) electrons. The second-order valence-electron chi connectivity index (χ2n) is 7.45. The Morgan fingerprint density at radius 2 is 2.04 bits per heavy atom. The molecule has 3 N–H and O–H groups in total. The third-order valence-corrected chi connectivity index (χ3v) is 6.21. The molecule has 0 unspecified atom stereocenters. The standard InChI is InChI=1S/C18H26N6O2S/c1-12-13(9-20-17(19)21-12)15-8-14-16(27-15)10-22(18(2,3)25)11-24(14)23-4-6-26-7-5-23/h8-9,25H,4-7,10-11H2,1-3H3,(H2,19,20,21). The van der Waals surface area contributed by atoms with E-state index in [4.69, 9.17) is 10.5 Å². The number of anilines is 2. The third kappa shape index (κ3) is 3.65. The van der Waals surface area contributed by atoms with E-state index in [0.717, 1.165) is 42.4 Å². The molecule has 0 aromatic carbocycles. The zero-order chi connectivity index (χ0) is 19.2. The highest BCUT2D eigenvalue weighted by Gasteiger charge is 2.35. The fourth-order valence-electron chi connectivity index (χ4n) is 3.48. The van der Waals surface area contributed by atoms with Gasteiger partial charge in [-0.2, -0.15) is 0 Å². The first-order chi connectivity index (χ1) is 12.8. The number of fused-ring (bicyclic) bond motifs is 1. The van der Waals surface area contributed by atoms with Gasteiger partial charge in [0.1, 0.15) is 5.72 Å². The summed E-state index contributed by atoms with van der Waals surface area (Å²) in [6.07, 6.45) is 1.79. The lowest BCUT2D eigenvalue weighted by atomic mass is 10.1. The first-order valence-corrected chi connectivity index (χ1v) is 9.94. The first kappa shape index (κ1) is 18.6. The number of hydrazine groups is 1. The molecule has 146 valence electrons. The quantitative estimate of drug-likeness (QED) is 0.818. The van der Waals surface area contributed by atoms with Crippen LogP contribution in [0.25, 0.3) is 10.4 Å². The number of ether oxygens (including phenoxy) is 1. The van der Waals surface area contributed by atoms with Gasteiger partial charge in [0.15, 0.2) is 0 Å². The lowest BCUT2D eigenvalue weighted by Gasteiger charge is -2.47. The van der Waals surface area contributed by atoms with Gasteiger partial charge in [0, 0.05) is 41.1 Å². The summed E-state index contributed by atoms with van der Waals surface area (Å²) in [5.74, 6) is 0.292. The normalized spacial score (nSPS) is 19.3. The number of hydrogen-bond acceptors (Lipinski definition) is 9.